The normalized spacial score (nSPS) is 12.7. The van der Waals surface area contributed by atoms with Gasteiger partial charge in [0.25, 0.3) is 0 Å². The Morgan fingerprint density at radius 1 is 0.943 bits per heavy atom. The number of nitrogens with zero attached hydrogens (tertiary/aromatic N) is 3. The molecule has 0 aliphatic carbocycles. The highest BCUT2D eigenvalue weighted by molar-refractivity contribution is 8.00. The molecule has 0 saturated heterocycles. The third kappa shape index (κ3) is 4.69. The van der Waals surface area contributed by atoms with Gasteiger partial charge in [0.15, 0.2) is 22.5 Å². The molecule has 0 radical (unpaired) electrons. The van der Waals surface area contributed by atoms with Crippen LogP contribution in [0.25, 0.3) is 17.1 Å². The predicted octanol–water partition coefficient (Wildman–Crippen LogP) is 3.95. The molecule has 0 spiro atoms. The lowest BCUT2D eigenvalue weighted by Gasteiger charge is -2.17. The second-order valence-electron chi connectivity index (χ2n) is 7.52. The zero-order valence-corrected chi connectivity index (χ0v) is 19.5. The molecule has 176 valence electrons. The number of hydrogen-bond donors (Lipinski definition) is 2. The van der Waals surface area contributed by atoms with E-state index in [-0.39, 0.29) is 6.79 Å². The Morgan fingerprint density at radius 2 is 1.66 bits per heavy atom. The van der Waals surface area contributed by atoms with Crippen LogP contribution in [-0.2, 0) is 4.79 Å². The van der Waals surface area contributed by atoms with Gasteiger partial charge in [0.05, 0.1) is 0 Å². The quantitative estimate of drug-likeness (QED) is 0.397. The minimum absolute atomic E-state index is 0.171. The highest BCUT2D eigenvalue weighted by Crippen LogP contribution is 2.40. The van der Waals surface area contributed by atoms with Gasteiger partial charge in [-0.15, -0.1) is 10.2 Å². The predicted molar refractivity (Wildman–Crippen MR) is 131 cm³/mol. The lowest BCUT2D eigenvalue weighted by molar-refractivity contribution is -0.119. The zero-order valence-electron chi connectivity index (χ0n) is 18.7. The van der Waals surface area contributed by atoms with Crippen LogP contribution in [0.3, 0.4) is 0 Å². The SMILES string of the molecule is CNC(=O)NC(=O)C(Sc1nnc(-c2ccc3c(c2)OCO3)n1-c1ccccc1)c1ccccc1. The number of carbonyl (C=O) groups excluding carboxylic acids is 2. The molecule has 3 amide bonds. The fourth-order valence-electron chi connectivity index (χ4n) is 3.62. The van der Waals surface area contributed by atoms with Gasteiger partial charge < -0.3 is 14.8 Å². The number of rotatable bonds is 6. The van der Waals surface area contributed by atoms with Crippen LogP contribution in [0.5, 0.6) is 11.5 Å². The smallest absolute Gasteiger partial charge is 0.321 e. The van der Waals surface area contributed by atoms with Crippen molar-refractivity contribution in [3.8, 4) is 28.6 Å². The van der Waals surface area contributed by atoms with E-state index < -0.39 is 17.2 Å². The van der Waals surface area contributed by atoms with Gasteiger partial charge in [-0.1, -0.05) is 60.3 Å². The monoisotopic (exact) mass is 487 g/mol. The van der Waals surface area contributed by atoms with Crippen molar-refractivity contribution in [1.82, 2.24) is 25.4 Å². The maximum Gasteiger partial charge on any atom is 0.321 e. The number of ether oxygens (including phenoxy) is 2. The van der Waals surface area contributed by atoms with E-state index in [1.165, 1.54) is 18.8 Å². The van der Waals surface area contributed by atoms with Gasteiger partial charge in [-0.2, -0.15) is 0 Å². The number of fused-ring (bicyclic) bond motifs is 1. The zero-order chi connectivity index (χ0) is 24.2. The first-order valence-electron chi connectivity index (χ1n) is 10.8. The number of hydrogen-bond acceptors (Lipinski definition) is 7. The third-order valence-electron chi connectivity index (χ3n) is 5.31. The molecule has 1 aromatic heterocycles. The molecule has 0 saturated carbocycles. The summed E-state index contributed by atoms with van der Waals surface area (Å²) in [4.78, 5) is 25.0. The van der Waals surface area contributed by atoms with Gasteiger partial charge >= 0.3 is 6.03 Å². The van der Waals surface area contributed by atoms with Crippen molar-refractivity contribution < 1.29 is 19.1 Å². The van der Waals surface area contributed by atoms with Crippen molar-refractivity contribution in [2.24, 2.45) is 0 Å². The van der Waals surface area contributed by atoms with Crippen LogP contribution in [-0.4, -0.2) is 40.5 Å². The number of nitrogens with one attached hydrogen (secondary N) is 2. The fourth-order valence-corrected chi connectivity index (χ4v) is 4.68. The molecule has 1 atom stereocenters. The van der Waals surface area contributed by atoms with Crippen LogP contribution >= 0.6 is 11.8 Å². The molecule has 9 nitrogen and oxygen atoms in total. The number of amides is 3. The number of benzene rings is 3. The maximum atomic E-state index is 13.1. The Labute approximate surface area is 205 Å². The fraction of sp³-hybridized carbons (Fsp3) is 0.120. The molecular formula is C25H21N5O4S. The Kier molecular flexibility index (Phi) is 6.36. The maximum absolute atomic E-state index is 13.1. The number of para-hydroxylation sites is 1. The number of imide groups is 1. The Morgan fingerprint density at radius 3 is 2.40 bits per heavy atom. The van der Waals surface area contributed by atoms with Crippen LogP contribution in [0.2, 0.25) is 0 Å². The molecule has 4 aromatic rings. The van der Waals surface area contributed by atoms with Crippen molar-refractivity contribution in [2.75, 3.05) is 13.8 Å². The van der Waals surface area contributed by atoms with E-state index in [9.17, 15) is 9.59 Å². The summed E-state index contributed by atoms with van der Waals surface area (Å²) in [7, 11) is 1.46. The number of urea groups is 1. The van der Waals surface area contributed by atoms with E-state index in [0.717, 1.165) is 16.8 Å². The van der Waals surface area contributed by atoms with Crippen LogP contribution in [0, 0.1) is 0 Å². The standard InChI is InChI=1S/C25H21N5O4S/c1-26-24(32)27-23(31)21(16-8-4-2-5-9-16)35-25-29-28-22(30(25)18-10-6-3-7-11-18)17-12-13-19-20(14-17)34-15-33-19/h2-14,21H,15H2,1H3,(H2,26,27,31,32). The summed E-state index contributed by atoms with van der Waals surface area (Å²) in [5.41, 5.74) is 2.33. The van der Waals surface area contributed by atoms with Crippen molar-refractivity contribution >= 4 is 23.7 Å². The van der Waals surface area contributed by atoms with E-state index in [4.69, 9.17) is 9.47 Å². The number of carbonyl (C=O) groups is 2. The molecule has 2 heterocycles. The molecule has 2 N–H and O–H groups in total. The lowest BCUT2D eigenvalue weighted by Crippen LogP contribution is -2.39. The van der Waals surface area contributed by atoms with Crippen molar-refractivity contribution in [3.05, 3.63) is 84.4 Å². The summed E-state index contributed by atoms with van der Waals surface area (Å²) in [5, 5.41) is 13.4. The molecule has 1 unspecified atom stereocenters. The van der Waals surface area contributed by atoms with Gasteiger partial charge in [-0.3, -0.25) is 14.7 Å². The molecule has 10 heteroatoms. The Balaban J connectivity index is 1.58. The largest absolute Gasteiger partial charge is 0.454 e. The summed E-state index contributed by atoms with van der Waals surface area (Å²) in [5.74, 6) is 1.42. The average Bonchev–Trinajstić information content (AvgIpc) is 3.54. The van der Waals surface area contributed by atoms with Gasteiger partial charge in [0, 0.05) is 18.3 Å². The molecular weight excluding hydrogens is 466 g/mol. The van der Waals surface area contributed by atoms with Gasteiger partial charge in [-0.05, 0) is 35.9 Å². The summed E-state index contributed by atoms with van der Waals surface area (Å²) in [6, 6.07) is 23.8. The summed E-state index contributed by atoms with van der Waals surface area (Å²) in [6.07, 6.45) is 0. The molecule has 1 aliphatic heterocycles. The van der Waals surface area contributed by atoms with Crippen molar-refractivity contribution in [3.63, 3.8) is 0 Å². The Bertz CT molecular complexity index is 1360. The summed E-state index contributed by atoms with van der Waals surface area (Å²) < 4.78 is 12.9. The molecule has 1 aliphatic rings. The number of thioether (sulfide) groups is 1. The first kappa shape index (κ1) is 22.5. The Hall–Kier alpha value is -4.31. The highest BCUT2D eigenvalue weighted by atomic mass is 32.2. The molecule has 3 aromatic carbocycles. The van der Waals surface area contributed by atoms with Crippen LogP contribution in [0.1, 0.15) is 10.8 Å². The van der Waals surface area contributed by atoms with E-state index in [1.54, 1.807) is 0 Å². The van der Waals surface area contributed by atoms with Crippen LogP contribution in [0.4, 0.5) is 4.79 Å². The first-order valence-corrected chi connectivity index (χ1v) is 11.7. The third-order valence-corrected chi connectivity index (χ3v) is 6.50. The lowest BCUT2D eigenvalue weighted by atomic mass is 10.1. The van der Waals surface area contributed by atoms with Crippen molar-refractivity contribution in [2.45, 2.75) is 10.4 Å². The highest BCUT2D eigenvalue weighted by Gasteiger charge is 2.28. The first-order chi connectivity index (χ1) is 17.1. The van der Waals surface area contributed by atoms with Crippen LogP contribution in [0.15, 0.2) is 84.0 Å². The average molecular weight is 488 g/mol. The van der Waals surface area contributed by atoms with Gasteiger partial charge in [0.2, 0.25) is 12.7 Å². The number of aromatic nitrogens is 3. The second-order valence-corrected chi connectivity index (χ2v) is 8.59. The summed E-state index contributed by atoms with van der Waals surface area (Å²) in [6.45, 7) is 0.171. The van der Waals surface area contributed by atoms with Crippen molar-refractivity contribution in [1.29, 1.82) is 0 Å². The summed E-state index contributed by atoms with van der Waals surface area (Å²) >= 11 is 1.21. The topological polar surface area (TPSA) is 107 Å². The minimum atomic E-state index is -0.746. The van der Waals surface area contributed by atoms with Gasteiger partial charge in [-0.25, -0.2) is 4.79 Å². The second kappa shape index (κ2) is 9.90. The van der Waals surface area contributed by atoms with Crippen LogP contribution < -0.4 is 20.1 Å². The molecule has 0 fully saturated rings. The van der Waals surface area contributed by atoms with E-state index in [0.29, 0.717) is 22.5 Å². The van der Waals surface area contributed by atoms with E-state index in [2.05, 4.69) is 20.8 Å². The molecule has 35 heavy (non-hydrogen) atoms. The van der Waals surface area contributed by atoms with E-state index in [1.807, 2.05) is 83.4 Å². The van der Waals surface area contributed by atoms with E-state index >= 15 is 0 Å². The minimum Gasteiger partial charge on any atom is -0.454 e. The van der Waals surface area contributed by atoms with Gasteiger partial charge in [0.1, 0.15) is 5.25 Å². The molecule has 0 bridgehead atoms. The molecule has 5 rings (SSSR count).